The lowest BCUT2D eigenvalue weighted by Gasteiger charge is -2.42. The number of rotatable bonds is 4. The largest absolute Gasteiger partial charge is 0.387 e. The molecule has 1 aliphatic rings. The molecule has 7 nitrogen and oxygen atoms in total. The van der Waals surface area contributed by atoms with E-state index in [9.17, 15) is 9.59 Å². The molecule has 1 N–H and O–H groups in total. The summed E-state index contributed by atoms with van der Waals surface area (Å²) >= 11 is 0. The average molecular weight is 342 g/mol. The highest BCUT2D eigenvalue weighted by atomic mass is 16.3. The second-order valence-electron chi connectivity index (χ2n) is 6.12. The second-order valence-corrected chi connectivity index (χ2v) is 6.12. The van der Waals surface area contributed by atoms with Crippen molar-refractivity contribution >= 4 is 11.8 Å². The lowest BCUT2D eigenvalue weighted by molar-refractivity contribution is -0.146. The first-order chi connectivity index (χ1) is 12.1. The third kappa shape index (κ3) is 3.56. The molecule has 0 spiro atoms. The molecule has 1 aliphatic heterocycles. The number of nitrogens with zero attached hydrogens (tertiary/aromatic N) is 4. The van der Waals surface area contributed by atoms with Gasteiger partial charge in [-0.2, -0.15) is 5.10 Å². The quantitative estimate of drug-likeness (QED) is 0.893. The molecule has 1 fully saturated rings. The molecule has 7 heteroatoms. The number of benzene rings is 1. The first-order valence-corrected chi connectivity index (χ1v) is 8.35. The lowest BCUT2D eigenvalue weighted by Crippen LogP contribution is -2.54. The van der Waals surface area contributed by atoms with Crippen LogP contribution < -0.4 is 0 Å². The minimum atomic E-state index is -0.515. The van der Waals surface area contributed by atoms with Crippen LogP contribution in [-0.2, 0) is 9.59 Å². The van der Waals surface area contributed by atoms with E-state index in [1.165, 1.54) is 0 Å². The van der Waals surface area contributed by atoms with Gasteiger partial charge in [-0.05, 0) is 18.6 Å². The van der Waals surface area contributed by atoms with E-state index in [-0.39, 0.29) is 17.9 Å². The fourth-order valence-corrected chi connectivity index (χ4v) is 3.20. The molecule has 2 atom stereocenters. The molecular weight excluding hydrogens is 320 g/mol. The minimum Gasteiger partial charge on any atom is -0.387 e. The number of aliphatic hydroxyl groups is 1. The van der Waals surface area contributed by atoms with E-state index in [1.807, 2.05) is 42.2 Å². The lowest BCUT2D eigenvalue weighted by atomic mass is 10.0. The van der Waals surface area contributed by atoms with Gasteiger partial charge in [-0.3, -0.25) is 14.3 Å². The SMILES string of the molecule is CC(C(=O)N1CCN(C(=O)CO)CC1c1ccccc1)n1cccn1. The predicted molar refractivity (Wildman–Crippen MR) is 91.5 cm³/mol. The zero-order valence-electron chi connectivity index (χ0n) is 14.2. The number of carbonyl (C=O) groups excluding carboxylic acids is 2. The maximum Gasteiger partial charge on any atom is 0.248 e. The van der Waals surface area contributed by atoms with E-state index in [4.69, 9.17) is 5.11 Å². The Bertz CT molecular complexity index is 717. The van der Waals surface area contributed by atoms with Gasteiger partial charge in [0.05, 0.1) is 6.04 Å². The second kappa shape index (κ2) is 7.48. The first-order valence-electron chi connectivity index (χ1n) is 8.35. The molecule has 2 amide bonds. The monoisotopic (exact) mass is 342 g/mol. The highest BCUT2D eigenvalue weighted by Gasteiger charge is 2.35. The van der Waals surface area contributed by atoms with Gasteiger partial charge in [-0.1, -0.05) is 30.3 Å². The third-order valence-electron chi connectivity index (χ3n) is 4.61. The summed E-state index contributed by atoms with van der Waals surface area (Å²) in [4.78, 5) is 28.4. The summed E-state index contributed by atoms with van der Waals surface area (Å²) in [5.41, 5.74) is 0.971. The van der Waals surface area contributed by atoms with Crippen molar-refractivity contribution in [1.82, 2.24) is 19.6 Å². The minimum absolute atomic E-state index is 0.0337. The van der Waals surface area contributed by atoms with Crippen molar-refractivity contribution in [2.24, 2.45) is 0 Å². The van der Waals surface area contributed by atoms with Crippen LogP contribution in [0.5, 0.6) is 0 Å². The molecule has 1 aromatic carbocycles. The molecule has 0 radical (unpaired) electrons. The number of hydrogen-bond donors (Lipinski definition) is 1. The fraction of sp³-hybridized carbons (Fsp3) is 0.389. The van der Waals surface area contributed by atoms with Crippen molar-refractivity contribution in [2.75, 3.05) is 26.2 Å². The van der Waals surface area contributed by atoms with Gasteiger partial charge in [0.2, 0.25) is 11.8 Å². The van der Waals surface area contributed by atoms with Gasteiger partial charge in [-0.25, -0.2) is 0 Å². The Kier molecular flexibility index (Phi) is 5.14. The van der Waals surface area contributed by atoms with Crippen molar-refractivity contribution in [3.63, 3.8) is 0 Å². The average Bonchev–Trinajstić information content (AvgIpc) is 3.21. The summed E-state index contributed by atoms with van der Waals surface area (Å²) in [6.45, 7) is 2.53. The summed E-state index contributed by atoms with van der Waals surface area (Å²) < 4.78 is 1.63. The van der Waals surface area contributed by atoms with Crippen molar-refractivity contribution < 1.29 is 14.7 Å². The Balaban J connectivity index is 1.86. The Morgan fingerprint density at radius 2 is 2.00 bits per heavy atom. The molecule has 0 bridgehead atoms. The smallest absolute Gasteiger partial charge is 0.248 e. The number of hydrogen-bond acceptors (Lipinski definition) is 4. The summed E-state index contributed by atoms with van der Waals surface area (Å²) in [6, 6.07) is 10.8. The molecule has 0 aliphatic carbocycles. The Morgan fingerprint density at radius 1 is 1.24 bits per heavy atom. The van der Waals surface area contributed by atoms with Crippen molar-refractivity contribution in [3.05, 3.63) is 54.4 Å². The van der Waals surface area contributed by atoms with Crippen molar-refractivity contribution in [3.8, 4) is 0 Å². The number of aromatic nitrogens is 2. The molecule has 2 aromatic rings. The third-order valence-corrected chi connectivity index (χ3v) is 4.61. The fourth-order valence-electron chi connectivity index (χ4n) is 3.20. The molecule has 1 saturated heterocycles. The van der Waals surface area contributed by atoms with E-state index in [1.54, 1.807) is 28.0 Å². The molecule has 1 aromatic heterocycles. The van der Waals surface area contributed by atoms with E-state index >= 15 is 0 Å². The van der Waals surface area contributed by atoms with Gasteiger partial charge in [0, 0.05) is 32.0 Å². The van der Waals surface area contributed by atoms with Crippen LogP contribution in [0.15, 0.2) is 48.8 Å². The molecule has 132 valence electrons. The standard InChI is InChI=1S/C18H22N4O3/c1-14(22-9-5-8-19-22)18(25)21-11-10-20(17(24)13-23)12-16(21)15-6-3-2-4-7-15/h2-9,14,16,23H,10-13H2,1H3. The molecular formula is C18H22N4O3. The molecule has 0 saturated carbocycles. The Hall–Kier alpha value is -2.67. The highest BCUT2D eigenvalue weighted by molar-refractivity contribution is 5.81. The van der Waals surface area contributed by atoms with Crippen LogP contribution >= 0.6 is 0 Å². The number of aliphatic hydroxyl groups excluding tert-OH is 1. The maximum absolute atomic E-state index is 13.0. The van der Waals surface area contributed by atoms with E-state index in [0.29, 0.717) is 19.6 Å². The number of amides is 2. The van der Waals surface area contributed by atoms with Crippen LogP contribution in [0.2, 0.25) is 0 Å². The summed E-state index contributed by atoms with van der Waals surface area (Å²) in [6.07, 6.45) is 3.42. The zero-order valence-corrected chi connectivity index (χ0v) is 14.2. The van der Waals surface area contributed by atoms with Crippen LogP contribution in [0.4, 0.5) is 0 Å². The predicted octanol–water partition coefficient (Wildman–Crippen LogP) is 0.848. The molecule has 2 unspecified atom stereocenters. The van der Waals surface area contributed by atoms with Crippen molar-refractivity contribution in [1.29, 1.82) is 0 Å². The van der Waals surface area contributed by atoms with E-state index in [2.05, 4.69) is 5.10 Å². The van der Waals surface area contributed by atoms with Crippen LogP contribution in [0.1, 0.15) is 24.6 Å². The van der Waals surface area contributed by atoms with E-state index < -0.39 is 12.6 Å². The maximum atomic E-state index is 13.0. The van der Waals surface area contributed by atoms with Gasteiger partial charge in [0.1, 0.15) is 12.6 Å². The Morgan fingerprint density at radius 3 is 2.64 bits per heavy atom. The van der Waals surface area contributed by atoms with Gasteiger partial charge in [0.15, 0.2) is 0 Å². The topological polar surface area (TPSA) is 78.7 Å². The Labute approximate surface area is 146 Å². The van der Waals surface area contributed by atoms with Crippen LogP contribution in [0.25, 0.3) is 0 Å². The highest BCUT2D eigenvalue weighted by Crippen LogP contribution is 2.27. The van der Waals surface area contributed by atoms with Gasteiger partial charge >= 0.3 is 0 Å². The molecule has 3 rings (SSSR count). The van der Waals surface area contributed by atoms with Gasteiger partial charge < -0.3 is 14.9 Å². The van der Waals surface area contributed by atoms with Crippen LogP contribution in [0.3, 0.4) is 0 Å². The summed E-state index contributed by atoms with van der Waals surface area (Å²) in [5.74, 6) is -0.346. The zero-order chi connectivity index (χ0) is 17.8. The van der Waals surface area contributed by atoms with Gasteiger partial charge in [-0.15, -0.1) is 0 Å². The summed E-state index contributed by atoms with van der Waals surface area (Å²) in [5, 5.41) is 13.3. The first kappa shape index (κ1) is 17.2. The number of piperazine rings is 1. The normalized spacial score (nSPS) is 18.9. The molecule has 25 heavy (non-hydrogen) atoms. The van der Waals surface area contributed by atoms with Gasteiger partial charge in [0.25, 0.3) is 0 Å². The number of carbonyl (C=O) groups is 2. The molecule has 2 heterocycles. The van der Waals surface area contributed by atoms with Crippen molar-refractivity contribution in [2.45, 2.75) is 19.0 Å². The summed E-state index contributed by atoms with van der Waals surface area (Å²) in [7, 11) is 0. The van der Waals surface area contributed by atoms with Crippen LogP contribution in [-0.4, -0.2) is 62.7 Å². The van der Waals surface area contributed by atoms with E-state index in [0.717, 1.165) is 5.56 Å². The van der Waals surface area contributed by atoms with Crippen LogP contribution in [0, 0.1) is 0 Å².